The van der Waals surface area contributed by atoms with E-state index in [1.54, 1.807) is 0 Å². The Labute approximate surface area is 139 Å². The maximum absolute atomic E-state index is 11.6. The summed E-state index contributed by atoms with van der Waals surface area (Å²) in [5.74, 6) is 1.17. The highest BCUT2D eigenvalue weighted by Crippen LogP contribution is 2.43. The second-order valence-electron chi connectivity index (χ2n) is 7.15. The molecule has 0 saturated heterocycles. The van der Waals surface area contributed by atoms with Crippen molar-refractivity contribution < 1.29 is 14.6 Å². The molecule has 4 atom stereocenters. The summed E-state index contributed by atoms with van der Waals surface area (Å²) in [4.78, 5) is 11.6. The molecule has 2 saturated carbocycles. The predicted molar refractivity (Wildman–Crippen MR) is 90.2 cm³/mol. The highest BCUT2D eigenvalue weighted by molar-refractivity contribution is 5.75. The van der Waals surface area contributed by atoms with Crippen LogP contribution in [-0.2, 0) is 16.0 Å². The van der Waals surface area contributed by atoms with Crippen molar-refractivity contribution in [3.8, 4) is 0 Å². The van der Waals surface area contributed by atoms with Crippen molar-refractivity contribution in [2.24, 2.45) is 11.8 Å². The first-order valence-corrected chi connectivity index (χ1v) is 9.11. The fraction of sp³-hybridized carbons (Fsp3) is 0.650. The first-order valence-electron chi connectivity index (χ1n) is 9.11. The molecule has 2 fully saturated rings. The van der Waals surface area contributed by atoms with Crippen LogP contribution in [0.25, 0.3) is 0 Å². The molecule has 0 aromatic heterocycles. The maximum atomic E-state index is 11.6. The molecule has 1 aromatic carbocycles. The molecule has 0 aliphatic heterocycles. The van der Waals surface area contributed by atoms with Gasteiger partial charge in [-0.2, -0.15) is 0 Å². The zero-order valence-electron chi connectivity index (χ0n) is 14.0. The summed E-state index contributed by atoms with van der Waals surface area (Å²) in [5.41, 5.74) is 2.71. The van der Waals surface area contributed by atoms with Crippen molar-refractivity contribution >= 4 is 5.97 Å². The van der Waals surface area contributed by atoms with Gasteiger partial charge in [0, 0.05) is 0 Å². The minimum atomic E-state index is -0.122. The third-order valence-electron chi connectivity index (χ3n) is 5.41. The third kappa shape index (κ3) is 4.35. The zero-order chi connectivity index (χ0) is 16.2. The van der Waals surface area contributed by atoms with Crippen LogP contribution in [0.4, 0.5) is 0 Å². The minimum absolute atomic E-state index is 0.0105. The van der Waals surface area contributed by atoms with Crippen molar-refractivity contribution in [3.63, 3.8) is 0 Å². The molecule has 3 nitrogen and oxygen atoms in total. The molecule has 23 heavy (non-hydrogen) atoms. The van der Waals surface area contributed by atoms with Gasteiger partial charge in [0.25, 0.3) is 0 Å². The number of hydrogen-bond donors (Lipinski definition) is 1. The van der Waals surface area contributed by atoms with Crippen molar-refractivity contribution in [2.45, 2.75) is 63.9 Å². The second kappa shape index (κ2) is 7.48. The van der Waals surface area contributed by atoms with Gasteiger partial charge in [0.2, 0.25) is 0 Å². The number of hydrogen-bond acceptors (Lipinski definition) is 3. The highest BCUT2D eigenvalue weighted by atomic mass is 16.5. The topological polar surface area (TPSA) is 46.5 Å². The van der Waals surface area contributed by atoms with Gasteiger partial charge < -0.3 is 9.84 Å². The summed E-state index contributed by atoms with van der Waals surface area (Å²) in [7, 11) is 0. The number of aliphatic hydroxyl groups is 1. The molecular formula is C20H28O3. The molecule has 2 aliphatic rings. The Balaban J connectivity index is 1.46. The molecule has 0 spiro atoms. The molecule has 1 aromatic rings. The van der Waals surface area contributed by atoms with Gasteiger partial charge in [0.1, 0.15) is 0 Å². The lowest BCUT2D eigenvalue weighted by atomic mass is 9.82. The summed E-state index contributed by atoms with van der Waals surface area (Å²) in [6.07, 6.45) is 7.17. The van der Waals surface area contributed by atoms with E-state index in [-0.39, 0.29) is 18.0 Å². The SMILES string of the molecule is CCOC(=O)[C@@H]1C[C@H]1CCc1ccc([C@@H]2CCC[C@@H](O)C2)cc1. The van der Waals surface area contributed by atoms with Gasteiger partial charge >= 0.3 is 5.97 Å². The molecule has 126 valence electrons. The number of aryl methyl sites for hydroxylation is 1. The van der Waals surface area contributed by atoms with Crippen LogP contribution in [-0.4, -0.2) is 23.8 Å². The monoisotopic (exact) mass is 316 g/mol. The van der Waals surface area contributed by atoms with Crippen LogP contribution in [0.3, 0.4) is 0 Å². The predicted octanol–water partition coefficient (Wildman–Crippen LogP) is 3.84. The van der Waals surface area contributed by atoms with E-state index in [4.69, 9.17) is 4.74 Å². The number of rotatable bonds is 6. The number of aliphatic hydroxyl groups excluding tert-OH is 1. The Morgan fingerprint density at radius 3 is 2.70 bits per heavy atom. The average Bonchev–Trinajstić information content (AvgIpc) is 3.33. The Morgan fingerprint density at radius 1 is 1.22 bits per heavy atom. The summed E-state index contributed by atoms with van der Waals surface area (Å²) in [6, 6.07) is 8.90. The van der Waals surface area contributed by atoms with Crippen LogP contribution >= 0.6 is 0 Å². The third-order valence-corrected chi connectivity index (χ3v) is 5.41. The van der Waals surface area contributed by atoms with E-state index < -0.39 is 0 Å². The Hall–Kier alpha value is -1.35. The first kappa shape index (κ1) is 16.5. The average molecular weight is 316 g/mol. The van der Waals surface area contributed by atoms with Crippen LogP contribution in [0.5, 0.6) is 0 Å². The fourth-order valence-electron chi connectivity index (χ4n) is 3.88. The second-order valence-corrected chi connectivity index (χ2v) is 7.15. The van der Waals surface area contributed by atoms with E-state index in [1.807, 2.05) is 6.92 Å². The van der Waals surface area contributed by atoms with Crippen LogP contribution in [0.2, 0.25) is 0 Å². The van der Waals surface area contributed by atoms with Gasteiger partial charge in [0.15, 0.2) is 0 Å². The molecule has 0 radical (unpaired) electrons. The first-order chi connectivity index (χ1) is 11.2. The normalized spacial score (nSPS) is 30.0. The van der Waals surface area contributed by atoms with Crippen LogP contribution in [0.15, 0.2) is 24.3 Å². The number of benzene rings is 1. The lowest BCUT2D eigenvalue weighted by Crippen LogP contribution is -2.18. The smallest absolute Gasteiger partial charge is 0.309 e. The highest BCUT2D eigenvalue weighted by Gasteiger charge is 2.43. The van der Waals surface area contributed by atoms with Gasteiger partial charge in [-0.3, -0.25) is 4.79 Å². The Kier molecular flexibility index (Phi) is 5.37. The number of carbonyl (C=O) groups excluding carboxylic acids is 1. The maximum Gasteiger partial charge on any atom is 0.309 e. The van der Waals surface area contributed by atoms with Gasteiger partial charge in [0.05, 0.1) is 18.6 Å². The Morgan fingerprint density at radius 2 is 2.00 bits per heavy atom. The van der Waals surface area contributed by atoms with Crippen molar-refractivity contribution in [1.29, 1.82) is 0 Å². The lowest BCUT2D eigenvalue weighted by Gasteiger charge is -2.26. The lowest BCUT2D eigenvalue weighted by molar-refractivity contribution is -0.145. The molecule has 0 heterocycles. The van der Waals surface area contributed by atoms with Gasteiger partial charge in [-0.25, -0.2) is 0 Å². The summed E-state index contributed by atoms with van der Waals surface area (Å²) in [5, 5.41) is 9.82. The van der Waals surface area contributed by atoms with Crippen molar-refractivity contribution in [1.82, 2.24) is 0 Å². The number of ether oxygens (including phenoxy) is 1. The van der Waals surface area contributed by atoms with E-state index in [0.717, 1.165) is 38.5 Å². The largest absolute Gasteiger partial charge is 0.466 e. The number of esters is 1. The summed E-state index contributed by atoms with van der Waals surface area (Å²) < 4.78 is 5.08. The van der Waals surface area contributed by atoms with E-state index in [0.29, 0.717) is 18.4 Å². The molecule has 0 amide bonds. The summed E-state index contributed by atoms with van der Waals surface area (Å²) in [6.45, 7) is 2.35. The molecule has 2 aliphatic carbocycles. The summed E-state index contributed by atoms with van der Waals surface area (Å²) >= 11 is 0. The van der Waals surface area contributed by atoms with E-state index in [1.165, 1.54) is 17.5 Å². The molecule has 0 unspecified atom stereocenters. The number of carbonyl (C=O) groups is 1. The molecular weight excluding hydrogens is 288 g/mol. The van der Waals surface area contributed by atoms with Gasteiger partial charge in [-0.1, -0.05) is 30.7 Å². The molecule has 3 rings (SSSR count). The van der Waals surface area contributed by atoms with E-state index >= 15 is 0 Å². The standard InChI is InChI=1S/C20H28O3/c1-2-23-20(22)19-13-17(19)11-8-14-6-9-15(10-7-14)16-4-3-5-18(21)12-16/h6-7,9-10,16-19,21H,2-5,8,11-13H2,1H3/t16-,17-,18-,19-/m1/s1. The van der Waals surface area contributed by atoms with Crippen LogP contribution in [0.1, 0.15) is 62.5 Å². The van der Waals surface area contributed by atoms with E-state index in [9.17, 15) is 9.90 Å². The van der Waals surface area contributed by atoms with Gasteiger partial charge in [-0.05, 0) is 68.4 Å². The quantitative estimate of drug-likeness (QED) is 0.811. The van der Waals surface area contributed by atoms with E-state index in [2.05, 4.69) is 24.3 Å². The van der Waals surface area contributed by atoms with Crippen LogP contribution in [0, 0.1) is 11.8 Å². The van der Waals surface area contributed by atoms with Crippen molar-refractivity contribution in [3.05, 3.63) is 35.4 Å². The Bertz CT molecular complexity index is 522. The van der Waals surface area contributed by atoms with Crippen LogP contribution < -0.4 is 0 Å². The minimum Gasteiger partial charge on any atom is -0.466 e. The molecule has 3 heteroatoms. The molecule has 1 N–H and O–H groups in total. The van der Waals surface area contributed by atoms with Crippen molar-refractivity contribution in [2.75, 3.05) is 6.61 Å². The zero-order valence-corrected chi connectivity index (χ0v) is 14.0. The molecule has 0 bridgehead atoms. The van der Waals surface area contributed by atoms with Gasteiger partial charge in [-0.15, -0.1) is 0 Å². The fourth-order valence-corrected chi connectivity index (χ4v) is 3.88.